The topological polar surface area (TPSA) is 52.6 Å². The average Bonchev–Trinajstić information content (AvgIpc) is 2.64. The van der Waals surface area contributed by atoms with Gasteiger partial charge in [-0.25, -0.2) is 0 Å². The van der Waals surface area contributed by atoms with Gasteiger partial charge in [0, 0.05) is 12.8 Å². The van der Waals surface area contributed by atoms with Crippen molar-refractivity contribution in [2.75, 3.05) is 6.61 Å². The zero-order valence-corrected chi connectivity index (χ0v) is 16.4. The molecule has 1 rings (SSSR count). The van der Waals surface area contributed by atoms with Gasteiger partial charge in [0.25, 0.3) is 0 Å². The Morgan fingerprint density at radius 1 is 0.808 bits per heavy atom. The first-order valence-corrected chi connectivity index (χ1v) is 10.1. The summed E-state index contributed by atoms with van der Waals surface area (Å²) in [4.78, 5) is 23.6. The van der Waals surface area contributed by atoms with Gasteiger partial charge in [-0.1, -0.05) is 70.6 Å². The highest BCUT2D eigenvalue weighted by molar-refractivity contribution is 5.74. The third-order valence-electron chi connectivity index (χ3n) is 4.35. The maximum atomic E-state index is 11.9. The van der Waals surface area contributed by atoms with Gasteiger partial charge in [-0.05, 0) is 30.9 Å². The Morgan fingerprint density at radius 3 is 2.19 bits per heavy atom. The Bertz CT molecular complexity index is 525. The Balaban J connectivity index is 2.06. The van der Waals surface area contributed by atoms with Gasteiger partial charge >= 0.3 is 11.9 Å². The van der Waals surface area contributed by atoms with Gasteiger partial charge in [0.05, 0.1) is 6.61 Å². The molecule has 0 heterocycles. The second-order valence-corrected chi connectivity index (χ2v) is 6.63. The smallest absolute Gasteiger partial charge is 0.311 e. The second-order valence-electron chi connectivity index (χ2n) is 6.63. The quantitative estimate of drug-likeness (QED) is 0.245. The first kappa shape index (κ1) is 22.2. The number of ether oxygens (including phenoxy) is 2. The van der Waals surface area contributed by atoms with Crippen molar-refractivity contribution in [2.24, 2.45) is 0 Å². The van der Waals surface area contributed by atoms with Gasteiger partial charge in [-0.3, -0.25) is 9.59 Å². The number of para-hydroxylation sites is 1. The number of aryl methyl sites for hydroxylation is 1. The van der Waals surface area contributed by atoms with E-state index in [0.29, 0.717) is 18.8 Å². The standard InChI is InChI=1S/C22H34O4/c1-3-5-6-7-8-9-12-18-25-21(23)16-13-17-22(24)26-20-15-11-10-14-19(20)4-2/h10-11,14-15H,3-9,12-13,16-18H2,1-2H3. The van der Waals surface area contributed by atoms with Crippen LogP contribution in [0.15, 0.2) is 24.3 Å². The molecule has 0 aliphatic rings. The zero-order valence-electron chi connectivity index (χ0n) is 16.4. The highest BCUT2D eigenvalue weighted by Crippen LogP contribution is 2.19. The highest BCUT2D eigenvalue weighted by atomic mass is 16.5. The molecular weight excluding hydrogens is 328 g/mol. The van der Waals surface area contributed by atoms with Crippen molar-refractivity contribution in [3.63, 3.8) is 0 Å². The summed E-state index contributed by atoms with van der Waals surface area (Å²) in [5.74, 6) is 0.0880. The van der Waals surface area contributed by atoms with Crippen LogP contribution in [0.1, 0.15) is 83.6 Å². The molecule has 0 aromatic heterocycles. The average molecular weight is 363 g/mol. The van der Waals surface area contributed by atoms with Crippen molar-refractivity contribution in [1.82, 2.24) is 0 Å². The number of hydrogen-bond donors (Lipinski definition) is 0. The molecule has 0 spiro atoms. The van der Waals surface area contributed by atoms with Crippen LogP contribution in [-0.2, 0) is 20.7 Å². The molecule has 0 radical (unpaired) electrons. The first-order chi connectivity index (χ1) is 12.7. The molecule has 0 aliphatic carbocycles. The number of benzene rings is 1. The van der Waals surface area contributed by atoms with E-state index in [1.807, 2.05) is 25.1 Å². The number of carbonyl (C=O) groups excluding carboxylic acids is 2. The summed E-state index contributed by atoms with van der Waals surface area (Å²) >= 11 is 0. The molecule has 0 N–H and O–H groups in total. The van der Waals surface area contributed by atoms with E-state index < -0.39 is 0 Å². The molecule has 1 aromatic rings. The summed E-state index contributed by atoms with van der Waals surface area (Å²) < 4.78 is 10.6. The van der Waals surface area contributed by atoms with E-state index in [1.54, 1.807) is 6.07 Å². The minimum atomic E-state index is -0.300. The molecule has 0 fully saturated rings. The third kappa shape index (κ3) is 10.2. The first-order valence-electron chi connectivity index (χ1n) is 10.1. The molecule has 0 amide bonds. The number of rotatable bonds is 14. The van der Waals surface area contributed by atoms with E-state index in [4.69, 9.17) is 9.47 Å². The van der Waals surface area contributed by atoms with E-state index >= 15 is 0 Å². The molecule has 0 saturated carbocycles. The van der Waals surface area contributed by atoms with Crippen molar-refractivity contribution < 1.29 is 19.1 Å². The van der Waals surface area contributed by atoms with Crippen molar-refractivity contribution in [3.8, 4) is 5.75 Å². The predicted molar refractivity (Wildman–Crippen MR) is 104 cm³/mol. The number of unbranched alkanes of at least 4 members (excludes halogenated alkanes) is 6. The predicted octanol–water partition coefficient (Wildman–Crippen LogP) is 5.62. The molecular formula is C22H34O4. The summed E-state index contributed by atoms with van der Waals surface area (Å²) in [6, 6.07) is 7.53. The number of carbonyl (C=O) groups is 2. The SMILES string of the molecule is CCCCCCCCCOC(=O)CCCC(=O)Oc1ccccc1CC. The molecule has 146 valence electrons. The largest absolute Gasteiger partial charge is 0.466 e. The molecule has 1 aromatic carbocycles. The molecule has 0 bridgehead atoms. The lowest BCUT2D eigenvalue weighted by Gasteiger charge is -2.08. The molecule has 0 aliphatic heterocycles. The van der Waals surface area contributed by atoms with E-state index in [2.05, 4.69) is 6.92 Å². The van der Waals surface area contributed by atoms with Gasteiger partial charge in [-0.15, -0.1) is 0 Å². The number of hydrogen-bond acceptors (Lipinski definition) is 4. The monoisotopic (exact) mass is 362 g/mol. The van der Waals surface area contributed by atoms with Crippen LogP contribution >= 0.6 is 0 Å². The molecule has 0 saturated heterocycles. The van der Waals surface area contributed by atoms with Gasteiger partial charge in [-0.2, -0.15) is 0 Å². The Kier molecular flexibility index (Phi) is 12.2. The van der Waals surface area contributed by atoms with E-state index in [0.717, 1.165) is 24.8 Å². The van der Waals surface area contributed by atoms with Crippen molar-refractivity contribution in [3.05, 3.63) is 29.8 Å². The minimum Gasteiger partial charge on any atom is -0.466 e. The Hall–Kier alpha value is -1.84. The van der Waals surface area contributed by atoms with Gasteiger partial charge in [0.1, 0.15) is 5.75 Å². The molecule has 4 nitrogen and oxygen atoms in total. The lowest BCUT2D eigenvalue weighted by molar-refractivity contribution is -0.144. The fourth-order valence-electron chi connectivity index (χ4n) is 2.76. The van der Waals surface area contributed by atoms with Crippen LogP contribution in [0.5, 0.6) is 5.75 Å². The van der Waals surface area contributed by atoms with Crippen LogP contribution in [-0.4, -0.2) is 18.5 Å². The zero-order chi connectivity index (χ0) is 19.0. The summed E-state index contributed by atoms with van der Waals surface area (Å²) in [6.07, 6.45) is 10.2. The van der Waals surface area contributed by atoms with E-state index in [9.17, 15) is 9.59 Å². The van der Waals surface area contributed by atoms with Gasteiger partial charge < -0.3 is 9.47 Å². The summed E-state index contributed by atoms with van der Waals surface area (Å²) in [5.41, 5.74) is 1.01. The van der Waals surface area contributed by atoms with Crippen LogP contribution in [0.3, 0.4) is 0 Å². The number of esters is 2. The Labute approximate surface area is 158 Å². The van der Waals surface area contributed by atoms with Crippen LogP contribution in [0, 0.1) is 0 Å². The summed E-state index contributed by atoms with van der Waals surface area (Å²) in [5, 5.41) is 0. The molecule has 0 unspecified atom stereocenters. The van der Waals surface area contributed by atoms with E-state index in [1.165, 1.54) is 32.1 Å². The summed E-state index contributed by atoms with van der Waals surface area (Å²) in [6.45, 7) is 4.72. The lowest BCUT2D eigenvalue weighted by Crippen LogP contribution is -2.11. The third-order valence-corrected chi connectivity index (χ3v) is 4.35. The maximum Gasteiger partial charge on any atom is 0.311 e. The van der Waals surface area contributed by atoms with Crippen molar-refractivity contribution in [1.29, 1.82) is 0 Å². The lowest BCUT2D eigenvalue weighted by atomic mass is 10.1. The highest BCUT2D eigenvalue weighted by Gasteiger charge is 2.10. The van der Waals surface area contributed by atoms with Crippen LogP contribution in [0.2, 0.25) is 0 Å². The molecule has 4 heteroatoms. The van der Waals surface area contributed by atoms with Crippen LogP contribution in [0.25, 0.3) is 0 Å². The van der Waals surface area contributed by atoms with E-state index in [-0.39, 0.29) is 24.8 Å². The molecule has 0 atom stereocenters. The fourth-order valence-corrected chi connectivity index (χ4v) is 2.76. The van der Waals surface area contributed by atoms with Crippen molar-refractivity contribution >= 4 is 11.9 Å². The van der Waals surface area contributed by atoms with Crippen LogP contribution in [0.4, 0.5) is 0 Å². The maximum absolute atomic E-state index is 11.9. The van der Waals surface area contributed by atoms with Crippen LogP contribution < -0.4 is 4.74 Å². The summed E-state index contributed by atoms with van der Waals surface area (Å²) in [7, 11) is 0. The second kappa shape index (κ2) is 14.3. The molecule has 26 heavy (non-hydrogen) atoms. The Morgan fingerprint density at radius 2 is 1.46 bits per heavy atom. The fraction of sp³-hybridized carbons (Fsp3) is 0.636. The minimum absolute atomic E-state index is 0.224. The van der Waals surface area contributed by atoms with Gasteiger partial charge in [0.2, 0.25) is 0 Å². The van der Waals surface area contributed by atoms with Gasteiger partial charge in [0.15, 0.2) is 0 Å². The van der Waals surface area contributed by atoms with Crippen molar-refractivity contribution in [2.45, 2.75) is 84.5 Å². The normalized spacial score (nSPS) is 10.5.